The Labute approximate surface area is 143 Å². The molecule has 4 rings (SSSR count). The average molecular weight is 316 g/mol. The molecule has 0 N–H and O–H groups in total. The molecule has 0 bridgehead atoms. The number of aryl methyl sites for hydroxylation is 2. The zero-order chi connectivity index (χ0) is 16.8. The van der Waals surface area contributed by atoms with Crippen molar-refractivity contribution in [2.45, 2.75) is 6.92 Å². The zero-order valence-electron chi connectivity index (χ0n) is 14.6. The summed E-state index contributed by atoms with van der Waals surface area (Å²) in [7, 11) is 6.42. The van der Waals surface area contributed by atoms with Crippen LogP contribution >= 0.6 is 0 Å². The maximum atomic E-state index is 2.32. The van der Waals surface area contributed by atoms with Gasteiger partial charge in [-0.05, 0) is 36.8 Å². The molecule has 2 aromatic carbocycles. The summed E-state index contributed by atoms with van der Waals surface area (Å²) in [4.78, 5) is 4.61. The van der Waals surface area contributed by atoms with Gasteiger partial charge in [-0.2, -0.15) is 0 Å². The first kappa shape index (κ1) is 14.8. The Morgan fingerprint density at radius 3 is 2.12 bits per heavy atom. The predicted molar refractivity (Wildman–Crippen MR) is 100 cm³/mol. The molecular formula is C21H22N3+. The summed E-state index contributed by atoms with van der Waals surface area (Å²) in [5.41, 5.74) is 8.78. The Hall–Kier alpha value is -2.81. The summed E-state index contributed by atoms with van der Waals surface area (Å²) in [5, 5.41) is 0. The van der Waals surface area contributed by atoms with Gasteiger partial charge in [0.15, 0.2) is 6.20 Å². The van der Waals surface area contributed by atoms with Gasteiger partial charge < -0.3 is 9.80 Å². The summed E-state index contributed by atoms with van der Waals surface area (Å²) < 4.78 is 2.19. The molecule has 120 valence electrons. The van der Waals surface area contributed by atoms with Crippen LogP contribution in [-0.4, -0.2) is 14.1 Å². The van der Waals surface area contributed by atoms with Crippen molar-refractivity contribution < 1.29 is 4.57 Å². The van der Waals surface area contributed by atoms with Crippen molar-refractivity contribution in [2.75, 3.05) is 23.9 Å². The molecule has 0 amide bonds. The highest BCUT2D eigenvalue weighted by molar-refractivity contribution is 5.99. The fourth-order valence-electron chi connectivity index (χ4n) is 3.68. The van der Waals surface area contributed by atoms with Gasteiger partial charge in [-0.3, -0.25) is 0 Å². The smallest absolute Gasteiger partial charge is 0.214 e. The lowest BCUT2D eigenvalue weighted by molar-refractivity contribution is -0.660. The number of para-hydroxylation sites is 2. The van der Waals surface area contributed by atoms with E-state index < -0.39 is 0 Å². The van der Waals surface area contributed by atoms with Crippen molar-refractivity contribution in [3.63, 3.8) is 0 Å². The fourth-order valence-corrected chi connectivity index (χ4v) is 3.68. The monoisotopic (exact) mass is 316 g/mol. The Kier molecular flexibility index (Phi) is 3.31. The second-order valence-electron chi connectivity index (χ2n) is 6.43. The molecule has 3 nitrogen and oxygen atoms in total. The van der Waals surface area contributed by atoms with E-state index in [4.69, 9.17) is 0 Å². The van der Waals surface area contributed by atoms with Crippen LogP contribution in [0.1, 0.15) is 5.56 Å². The first-order chi connectivity index (χ1) is 11.6. The number of aromatic nitrogens is 1. The molecule has 0 radical (unpaired) electrons. The van der Waals surface area contributed by atoms with Crippen molar-refractivity contribution in [1.82, 2.24) is 0 Å². The maximum Gasteiger partial charge on any atom is 0.214 e. The number of anilines is 4. The number of benzene rings is 2. The lowest BCUT2D eigenvalue weighted by Gasteiger charge is -2.37. The number of hydrogen-bond donors (Lipinski definition) is 0. The van der Waals surface area contributed by atoms with E-state index in [1.54, 1.807) is 0 Å². The van der Waals surface area contributed by atoms with Crippen molar-refractivity contribution in [1.29, 1.82) is 0 Å². The number of pyridine rings is 1. The van der Waals surface area contributed by atoms with Crippen LogP contribution in [0.4, 0.5) is 22.7 Å². The quantitative estimate of drug-likeness (QED) is 0.618. The molecule has 24 heavy (non-hydrogen) atoms. The molecular weight excluding hydrogens is 294 g/mol. The molecule has 0 spiro atoms. The molecule has 1 aliphatic rings. The molecule has 0 unspecified atom stereocenters. The topological polar surface area (TPSA) is 10.4 Å². The SMILES string of the molecule is Cc1ccc2c(c1-c1cccc[n+]1C)N(C)c1ccccc1N2C. The van der Waals surface area contributed by atoms with Crippen molar-refractivity contribution in [3.8, 4) is 11.3 Å². The van der Waals surface area contributed by atoms with Gasteiger partial charge in [0.05, 0.1) is 28.3 Å². The van der Waals surface area contributed by atoms with Crippen molar-refractivity contribution in [2.24, 2.45) is 7.05 Å². The molecule has 0 saturated carbocycles. The van der Waals surface area contributed by atoms with E-state index in [2.05, 4.69) is 103 Å². The van der Waals surface area contributed by atoms with E-state index in [0.29, 0.717) is 0 Å². The van der Waals surface area contributed by atoms with Crippen LogP contribution in [0.25, 0.3) is 11.3 Å². The minimum atomic E-state index is 1.23. The second kappa shape index (κ2) is 5.38. The third kappa shape index (κ3) is 2.01. The minimum Gasteiger partial charge on any atom is -0.341 e. The largest absolute Gasteiger partial charge is 0.341 e. The molecule has 0 saturated heterocycles. The molecule has 0 atom stereocenters. The van der Waals surface area contributed by atoms with Gasteiger partial charge in [0.25, 0.3) is 0 Å². The molecule has 3 aromatic rings. The highest BCUT2D eigenvalue weighted by Crippen LogP contribution is 2.50. The van der Waals surface area contributed by atoms with Crippen molar-refractivity contribution in [3.05, 3.63) is 66.4 Å². The Morgan fingerprint density at radius 1 is 0.750 bits per heavy atom. The van der Waals surface area contributed by atoms with Crippen LogP contribution in [0.5, 0.6) is 0 Å². The van der Waals surface area contributed by atoms with Crippen LogP contribution in [0.15, 0.2) is 60.8 Å². The third-order valence-corrected chi connectivity index (χ3v) is 4.98. The molecule has 0 aliphatic carbocycles. The van der Waals surface area contributed by atoms with Crippen LogP contribution in [0, 0.1) is 6.92 Å². The fraction of sp³-hybridized carbons (Fsp3) is 0.190. The number of hydrogen-bond acceptors (Lipinski definition) is 2. The summed E-state index contributed by atoms with van der Waals surface area (Å²) in [6.07, 6.45) is 2.11. The van der Waals surface area contributed by atoms with Crippen LogP contribution in [0.2, 0.25) is 0 Å². The minimum absolute atomic E-state index is 1.23. The Balaban J connectivity index is 2.04. The standard InChI is InChI=1S/C21H22N3/c1-15-12-13-19-21(20(15)18-11-7-8-14-22(18)2)24(4)17-10-6-5-9-16(17)23(19)3/h5-14H,1-4H3/q+1. The lowest BCUT2D eigenvalue weighted by atomic mass is 9.97. The highest BCUT2D eigenvalue weighted by Gasteiger charge is 2.29. The predicted octanol–water partition coefficient (Wildman–Crippen LogP) is 4.34. The molecule has 2 heterocycles. The van der Waals surface area contributed by atoms with Gasteiger partial charge in [0, 0.05) is 26.2 Å². The number of fused-ring (bicyclic) bond motifs is 2. The van der Waals surface area contributed by atoms with Gasteiger partial charge in [0.2, 0.25) is 5.69 Å². The van der Waals surface area contributed by atoms with Crippen LogP contribution in [0.3, 0.4) is 0 Å². The van der Waals surface area contributed by atoms with Gasteiger partial charge in [-0.25, -0.2) is 4.57 Å². The summed E-state index contributed by atoms with van der Waals surface area (Å²) in [6, 6.07) is 19.4. The number of nitrogens with zero attached hydrogens (tertiary/aromatic N) is 3. The summed E-state index contributed by atoms with van der Waals surface area (Å²) in [6.45, 7) is 2.19. The molecule has 3 heteroatoms. The van der Waals surface area contributed by atoms with E-state index in [-0.39, 0.29) is 0 Å². The first-order valence-electron chi connectivity index (χ1n) is 8.24. The van der Waals surface area contributed by atoms with E-state index in [1.807, 2.05) is 0 Å². The maximum absolute atomic E-state index is 2.32. The van der Waals surface area contributed by atoms with E-state index in [9.17, 15) is 0 Å². The molecule has 1 aromatic heterocycles. The third-order valence-electron chi connectivity index (χ3n) is 4.98. The Morgan fingerprint density at radius 2 is 1.42 bits per heavy atom. The summed E-state index contributed by atoms with van der Waals surface area (Å²) in [5.74, 6) is 0. The first-order valence-corrected chi connectivity index (χ1v) is 8.24. The van der Waals surface area contributed by atoms with Gasteiger partial charge >= 0.3 is 0 Å². The highest BCUT2D eigenvalue weighted by atomic mass is 15.2. The number of rotatable bonds is 1. The van der Waals surface area contributed by atoms with E-state index in [0.717, 1.165) is 0 Å². The van der Waals surface area contributed by atoms with Gasteiger partial charge in [-0.15, -0.1) is 0 Å². The summed E-state index contributed by atoms with van der Waals surface area (Å²) >= 11 is 0. The normalized spacial score (nSPS) is 12.8. The van der Waals surface area contributed by atoms with Crippen LogP contribution in [-0.2, 0) is 7.05 Å². The lowest BCUT2D eigenvalue weighted by Crippen LogP contribution is -2.32. The van der Waals surface area contributed by atoms with E-state index in [1.165, 1.54) is 39.6 Å². The van der Waals surface area contributed by atoms with Crippen LogP contribution < -0.4 is 14.4 Å². The van der Waals surface area contributed by atoms with Crippen molar-refractivity contribution >= 4 is 22.7 Å². The second-order valence-corrected chi connectivity index (χ2v) is 6.43. The van der Waals surface area contributed by atoms with E-state index >= 15 is 0 Å². The molecule has 0 fully saturated rings. The Bertz CT molecular complexity index is 930. The molecule has 1 aliphatic heterocycles. The zero-order valence-corrected chi connectivity index (χ0v) is 14.6. The van der Waals surface area contributed by atoms with Gasteiger partial charge in [-0.1, -0.05) is 18.2 Å². The van der Waals surface area contributed by atoms with Gasteiger partial charge in [0.1, 0.15) is 7.05 Å². The average Bonchev–Trinajstić information content (AvgIpc) is 2.60.